The van der Waals surface area contributed by atoms with E-state index < -0.39 is 18.5 Å². The minimum Gasteiger partial charge on any atom is -0.495 e. The number of carbonyl (C=O) groups is 3. The zero-order valence-electron chi connectivity index (χ0n) is 20.6. The lowest BCUT2D eigenvalue weighted by Gasteiger charge is -2.10. The van der Waals surface area contributed by atoms with Crippen molar-refractivity contribution in [1.82, 2.24) is 9.78 Å². The van der Waals surface area contributed by atoms with Gasteiger partial charge in [-0.15, -0.1) is 0 Å². The molecule has 1 aromatic heterocycles. The molecular formula is C28H26N4O5. The number of para-hydroxylation sites is 2. The van der Waals surface area contributed by atoms with Crippen molar-refractivity contribution < 1.29 is 23.9 Å². The molecule has 0 unspecified atom stereocenters. The van der Waals surface area contributed by atoms with Crippen molar-refractivity contribution in [2.75, 3.05) is 24.4 Å². The molecule has 0 spiro atoms. The normalized spacial score (nSPS) is 10.5. The second-order valence-corrected chi connectivity index (χ2v) is 8.24. The lowest BCUT2D eigenvalue weighted by Crippen LogP contribution is -2.21. The van der Waals surface area contributed by atoms with E-state index in [1.165, 1.54) is 7.11 Å². The first kappa shape index (κ1) is 25.2. The highest BCUT2D eigenvalue weighted by atomic mass is 16.5. The second kappa shape index (κ2) is 11.2. The van der Waals surface area contributed by atoms with Crippen LogP contribution in [0, 0.1) is 13.8 Å². The Morgan fingerprint density at radius 1 is 0.865 bits per heavy atom. The highest BCUT2D eigenvalue weighted by molar-refractivity contribution is 6.05. The Bertz CT molecular complexity index is 1430. The summed E-state index contributed by atoms with van der Waals surface area (Å²) in [6, 6.07) is 22.2. The smallest absolute Gasteiger partial charge is 0.338 e. The molecule has 1 heterocycles. The van der Waals surface area contributed by atoms with E-state index in [2.05, 4.69) is 15.7 Å². The fourth-order valence-electron chi connectivity index (χ4n) is 3.69. The molecule has 2 N–H and O–H groups in total. The van der Waals surface area contributed by atoms with Crippen molar-refractivity contribution in [2.24, 2.45) is 0 Å². The highest BCUT2D eigenvalue weighted by Gasteiger charge is 2.13. The van der Waals surface area contributed by atoms with Gasteiger partial charge >= 0.3 is 5.97 Å². The zero-order chi connectivity index (χ0) is 26.4. The molecule has 9 nitrogen and oxygen atoms in total. The minimum atomic E-state index is -0.613. The molecule has 0 fully saturated rings. The minimum absolute atomic E-state index is 0.319. The Kier molecular flexibility index (Phi) is 7.63. The van der Waals surface area contributed by atoms with E-state index in [1.807, 2.05) is 26.0 Å². The second-order valence-electron chi connectivity index (χ2n) is 8.24. The van der Waals surface area contributed by atoms with Gasteiger partial charge < -0.3 is 20.1 Å². The molecule has 188 valence electrons. The summed E-state index contributed by atoms with van der Waals surface area (Å²) < 4.78 is 12.2. The van der Waals surface area contributed by atoms with Gasteiger partial charge in [-0.2, -0.15) is 5.10 Å². The van der Waals surface area contributed by atoms with Crippen LogP contribution in [0.5, 0.6) is 5.75 Å². The first-order valence-electron chi connectivity index (χ1n) is 11.5. The molecule has 2 amide bonds. The molecule has 0 aliphatic heterocycles. The number of hydrogen-bond acceptors (Lipinski definition) is 6. The highest BCUT2D eigenvalue weighted by Crippen LogP contribution is 2.24. The van der Waals surface area contributed by atoms with Crippen molar-refractivity contribution in [2.45, 2.75) is 13.8 Å². The van der Waals surface area contributed by atoms with E-state index in [9.17, 15) is 14.4 Å². The van der Waals surface area contributed by atoms with E-state index in [-0.39, 0.29) is 5.91 Å². The van der Waals surface area contributed by atoms with Gasteiger partial charge in [-0.05, 0) is 80.6 Å². The molecule has 37 heavy (non-hydrogen) atoms. The predicted molar refractivity (Wildman–Crippen MR) is 139 cm³/mol. The Balaban J connectivity index is 1.28. The molecule has 0 radical (unpaired) electrons. The number of nitrogens with zero attached hydrogens (tertiary/aromatic N) is 2. The predicted octanol–water partition coefficient (Wildman–Crippen LogP) is 4.55. The van der Waals surface area contributed by atoms with E-state index in [0.29, 0.717) is 28.3 Å². The van der Waals surface area contributed by atoms with Crippen molar-refractivity contribution in [3.05, 3.63) is 101 Å². The number of aromatic nitrogens is 2. The third-order valence-corrected chi connectivity index (χ3v) is 5.48. The van der Waals surface area contributed by atoms with Crippen LogP contribution < -0.4 is 15.4 Å². The molecule has 0 saturated heterocycles. The molecule has 0 aliphatic rings. The summed E-state index contributed by atoms with van der Waals surface area (Å²) in [6.07, 6.45) is 0. The summed E-state index contributed by atoms with van der Waals surface area (Å²) in [4.78, 5) is 37.2. The lowest BCUT2D eigenvalue weighted by atomic mass is 10.2. The van der Waals surface area contributed by atoms with Crippen LogP contribution in [0.15, 0.2) is 78.9 Å². The number of nitrogens with one attached hydrogen (secondary N) is 2. The van der Waals surface area contributed by atoms with Gasteiger partial charge in [0.25, 0.3) is 11.8 Å². The Morgan fingerprint density at radius 3 is 2.19 bits per heavy atom. The summed E-state index contributed by atoms with van der Waals surface area (Å²) in [5, 5.41) is 9.85. The van der Waals surface area contributed by atoms with E-state index >= 15 is 0 Å². The largest absolute Gasteiger partial charge is 0.495 e. The van der Waals surface area contributed by atoms with Crippen LogP contribution in [0.3, 0.4) is 0 Å². The van der Waals surface area contributed by atoms with Crippen LogP contribution in [0.2, 0.25) is 0 Å². The maximum atomic E-state index is 12.5. The number of ether oxygens (including phenoxy) is 2. The van der Waals surface area contributed by atoms with Crippen LogP contribution in [0.25, 0.3) is 5.69 Å². The van der Waals surface area contributed by atoms with E-state index in [4.69, 9.17) is 9.47 Å². The number of anilines is 2. The molecule has 0 saturated carbocycles. The molecule has 4 rings (SSSR count). The number of esters is 1. The topological polar surface area (TPSA) is 112 Å². The standard InChI is InChI=1S/C28H26N4O5/c1-18-16-19(2)32(31-18)23-14-10-21(11-15-23)28(35)37-17-26(33)29-22-12-8-20(9-13-22)27(34)30-24-6-4-5-7-25(24)36-3/h4-16H,17H2,1-3H3,(H,29,33)(H,30,34). The van der Waals surface area contributed by atoms with Gasteiger partial charge in [0.05, 0.1) is 29.7 Å². The van der Waals surface area contributed by atoms with Crippen LogP contribution in [-0.4, -0.2) is 41.3 Å². The van der Waals surface area contributed by atoms with E-state index in [1.54, 1.807) is 71.4 Å². The van der Waals surface area contributed by atoms with Gasteiger partial charge in [0, 0.05) is 16.9 Å². The number of carbonyl (C=O) groups excluding carboxylic acids is 3. The number of amides is 2. The molecule has 0 bridgehead atoms. The van der Waals surface area contributed by atoms with Gasteiger partial charge in [0.1, 0.15) is 5.75 Å². The summed E-state index contributed by atoms with van der Waals surface area (Å²) in [6.45, 7) is 3.41. The zero-order valence-corrected chi connectivity index (χ0v) is 20.6. The number of methoxy groups -OCH3 is 1. The summed E-state index contributed by atoms with van der Waals surface area (Å²) in [7, 11) is 1.53. The van der Waals surface area contributed by atoms with Crippen molar-refractivity contribution in [3.8, 4) is 11.4 Å². The van der Waals surface area contributed by atoms with Crippen molar-refractivity contribution in [1.29, 1.82) is 0 Å². The first-order chi connectivity index (χ1) is 17.8. The van der Waals surface area contributed by atoms with Gasteiger partial charge in [-0.25, -0.2) is 9.48 Å². The molecule has 4 aromatic rings. The number of benzene rings is 3. The van der Waals surface area contributed by atoms with Gasteiger partial charge in [0.2, 0.25) is 0 Å². The maximum Gasteiger partial charge on any atom is 0.338 e. The van der Waals surface area contributed by atoms with Gasteiger partial charge in [-0.3, -0.25) is 9.59 Å². The Labute approximate surface area is 214 Å². The monoisotopic (exact) mass is 498 g/mol. The third kappa shape index (κ3) is 6.21. The average Bonchev–Trinajstić information content (AvgIpc) is 3.25. The Hall–Kier alpha value is -4.92. The third-order valence-electron chi connectivity index (χ3n) is 5.48. The maximum absolute atomic E-state index is 12.5. The van der Waals surface area contributed by atoms with Crippen LogP contribution in [0.1, 0.15) is 32.1 Å². The fraction of sp³-hybridized carbons (Fsp3) is 0.143. The first-order valence-corrected chi connectivity index (χ1v) is 11.5. The van der Waals surface area contributed by atoms with Crippen molar-refractivity contribution >= 4 is 29.2 Å². The number of aryl methyl sites for hydroxylation is 2. The van der Waals surface area contributed by atoms with Crippen LogP contribution in [0.4, 0.5) is 11.4 Å². The van der Waals surface area contributed by atoms with Crippen molar-refractivity contribution in [3.63, 3.8) is 0 Å². The summed E-state index contributed by atoms with van der Waals surface area (Å²) in [5.74, 6) is -0.884. The van der Waals surface area contributed by atoms with Gasteiger partial charge in [-0.1, -0.05) is 12.1 Å². The Morgan fingerprint density at radius 2 is 1.54 bits per heavy atom. The quantitative estimate of drug-likeness (QED) is 0.345. The summed E-state index contributed by atoms with van der Waals surface area (Å²) in [5.41, 5.74) is 4.44. The average molecular weight is 499 g/mol. The summed E-state index contributed by atoms with van der Waals surface area (Å²) >= 11 is 0. The fourth-order valence-corrected chi connectivity index (χ4v) is 3.69. The number of rotatable bonds is 8. The molecule has 9 heteroatoms. The molecule has 0 atom stereocenters. The molecule has 3 aromatic carbocycles. The van der Waals surface area contributed by atoms with Crippen LogP contribution in [-0.2, 0) is 9.53 Å². The van der Waals surface area contributed by atoms with Crippen LogP contribution >= 0.6 is 0 Å². The van der Waals surface area contributed by atoms with Gasteiger partial charge in [0.15, 0.2) is 6.61 Å². The molecular weight excluding hydrogens is 472 g/mol. The molecule has 0 aliphatic carbocycles. The SMILES string of the molecule is COc1ccccc1NC(=O)c1ccc(NC(=O)COC(=O)c2ccc(-n3nc(C)cc3C)cc2)cc1. The number of hydrogen-bond donors (Lipinski definition) is 2. The lowest BCUT2D eigenvalue weighted by molar-refractivity contribution is -0.119. The van der Waals surface area contributed by atoms with E-state index in [0.717, 1.165) is 17.1 Å².